The first-order chi connectivity index (χ1) is 8.34. The molecule has 1 aliphatic heterocycles. The van der Waals surface area contributed by atoms with Gasteiger partial charge in [-0.15, -0.1) is 0 Å². The maximum atomic E-state index is 10.2. The summed E-state index contributed by atoms with van der Waals surface area (Å²) in [5, 5.41) is 13.9. The van der Waals surface area contributed by atoms with E-state index >= 15 is 0 Å². The first-order valence-corrected chi connectivity index (χ1v) is 6.44. The number of aromatic hydroxyl groups is 1. The summed E-state index contributed by atoms with van der Waals surface area (Å²) in [5.74, 6) is 1.46. The van der Waals surface area contributed by atoms with E-state index in [2.05, 4.69) is 22.5 Å². The molecule has 4 rings (SSSR count). The number of pyridine rings is 1. The van der Waals surface area contributed by atoms with Crippen LogP contribution in [0.2, 0.25) is 0 Å². The molecular weight excluding hydrogens is 212 g/mol. The summed E-state index contributed by atoms with van der Waals surface area (Å²) in [6.45, 7) is 0. The standard InChI is InChI=1S/C14H16N2O/c17-14-8-5-6-15-13(14)12-9-3-1-2-4-10(9)16-11(12)7-8/h2,4-6,9-12,16-17H,1,3,7H2. The number of hydrogen-bond acceptors (Lipinski definition) is 3. The quantitative estimate of drug-likeness (QED) is 0.665. The zero-order chi connectivity index (χ0) is 11.4. The minimum atomic E-state index is 0.402. The Hall–Kier alpha value is -1.35. The Bertz CT molecular complexity index is 497. The summed E-state index contributed by atoms with van der Waals surface area (Å²) in [6.07, 6.45) is 9.72. The zero-order valence-corrected chi connectivity index (χ0v) is 9.63. The molecule has 4 atom stereocenters. The maximum absolute atomic E-state index is 10.2. The van der Waals surface area contributed by atoms with Gasteiger partial charge in [0.2, 0.25) is 0 Å². The number of nitrogens with one attached hydrogen (secondary N) is 1. The van der Waals surface area contributed by atoms with Gasteiger partial charge in [-0.05, 0) is 36.8 Å². The van der Waals surface area contributed by atoms with Crippen molar-refractivity contribution >= 4 is 0 Å². The largest absolute Gasteiger partial charge is 0.506 e. The second kappa shape index (κ2) is 3.33. The fraction of sp³-hybridized carbons (Fsp3) is 0.500. The van der Waals surface area contributed by atoms with Crippen LogP contribution in [0.3, 0.4) is 0 Å². The molecule has 2 aliphatic carbocycles. The van der Waals surface area contributed by atoms with E-state index in [4.69, 9.17) is 0 Å². The van der Waals surface area contributed by atoms with Crippen LogP contribution in [-0.2, 0) is 6.42 Å². The van der Waals surface area contributed by atoms with Crippen molar-refractivity contribution in [1.82, 2.24) is 10.3 Å². The van der Waals surface area contributed by atoms with E-state index in [-0.39, 0.29) is 0 Å². The van der Waals surface area contributed by atoms with Crippen LogP contribution in [0.5, 0.6) is 5.75 Å². The molecule has 88 valence electrons. The normalized spacial score (nSPS) is 37.6. The van der Waals surface area contributed by atoms with Crippen LogP contribution in [0.4, 0.5) is 0 Å². The van der Waals surface area contributed by atoms with Gasteiger partial charge < -0.3 is 10.4 Å². The molecule has 3 nitrogen and oxygen atoms in total. The van der Waals surface area contributed by atoms with Crippen molar-refractivity contribution in [2.75, 3.05) is 0 Å². The highest BCUT2D eigenvalue weighted by molar-refractivity contribution is 5.44. The second-order valence-corrected chi connectivity index (χ2v) is 5.40. The molecule has 0 radical (unpaired) electrons. The highest BCUT2D eigenvalue weighted by Gasteiger charge is 2.47. The highest BCUT2D eigenvalue weighted by Crippen LogP contribution is 2.48. The molecule has 2 bridgehead atoms. The molecule has 1 aromatic heterocycles. The Morgan fingerprint density at radius 3 is 3.29 bits per heavy atom. The van der Waals surface area contributed by atoms with Crippen LogP contribution in [0.1, 0.15) is 30.0 Å². The summed E-state index contributed by atoms with van der Waals surface area (Å²) < 4.78 is 0. The lowest BCUT2D eigenvalue weighted by Crippen LogP contribution is -2.34. The summed E-state index contributed by atoms with van der Waals surface area (Å²) in [7, 11) is 0. The molecule has 0 saturated carbocycles. The minimum absolute atomic E-state index is 0.402. The predicted octanol–water partition coefficient (Wildman–Crippen LogP) is 1.73. The summed E-state index contributed by atoms with van der Waals surface area (Å²) in [6, 6.07) is 2.88. The lowest BCUT2D eigenvalue weighted by Gasteiger charge is -2.30. The molecular formula is C14H16N2O. The molecule has 0 aromatic carbocycles. The maximum Gasteiger partial charge on any atom is 0.140 e. The summed E-state index contributed by atoms with van der Waals surface area (Å²) >= 11 is 0. The number of fused-ring (bicyclic) bond motifs is 6. The summed E-state index contributed by atoms with van der Waals surface area (Å²) in [5.41, 5.74) is 1.97. The molecule has 4 unspecified atom stereocenters. The molecule has 1 fully saturated rings. The lowest BCUT2D eigenvalue weighted by atomic mass is 9.75. The number of hydrogen-bond donors (Lipinski definition) is 2. The van der Waals surface area contributed by atoms with Crippen molar-refractivity contribution in [2.45, 2.75) is 37.3 Å². The monoisotopic (exact) mass is 228 g/mol. The van der Waals surface area contributed by atoms with E-state index in [9.17, 15) is 5.11 Å². The van der Waals surface area contributed by atoms with Gasteiger partial charge in [-0.3, -0.25) is 4.98 Å². The molecule has 17 heavy (non-hydrogen) atoms. The molecule has 1 saturated heterocycles. The first kappa shape index (κ1) is 9.66. The third kappa shape index (κ3) is 1.23. The van der Waals surface area contributed by atoms with Crippen molar-refractivity contribution < 1.29 is 5.11 Å². The van der Waals surface area contributed by atoms with Crippen LogP contribution in [0.15, 0.2) is 24.4 Å². The molecule has 1 aromatic rings. The van der Waals surface area contributed by atoms with Crippen LogP contribution in [0, 0.1) is 5.92 Å². The Morgan fingerprint density at radius 1 is 1.41 bits per heavy atom. The topological polar surface area (TPSA) is 45.2 Å². The second-order valence-electron chi connectivity index (χ2n) is 5.40. The van der Waals surface area contributed by atoms with Gasteiger partial charge in [0, 0.05) is 24.2 Å². The van der Waals surface area contributed by atoms with Gasteiger partial charge >= 0.3 is 0 Å². The lowest BCUT2D eigenvalue weighted by molar-refractivity contribution is 0.365. The molecule has 2 heterocycles. The first-order valence-electron chi connectivity index (χ1n) is 6.44. The van der Waals surface area contributed by atoms with E-state index in [1.165, 1.54) is 6.42 Å². The third-order valence-electron chi connectivity index (χ3n) is 4.56. The van der Waals surface area contributed by atoms with Gasteiger partial charge in [0.25, 0.3) is 0 Å². The van der Waals surface area contributed by atoms with Crippen LogP contribution < -0.4 is 5.32 Å². The van der Waals surface area contributed by atoms with Crippen molar-refractivity contribution in [2.24, 2.45) is 5.92 Å². The van der Waals surface area contributed by atoms with E-state index < -0.39 is 0 Å². The van der Waals surface area contributed by atoms with Gasteiger partial charge in [0.1, 0.15) is 5.75 Å². The molecule has 0 amide bonds. The van der Waals surface area contributed by atoms with E-state index in [1.54, 1.807) is 0 Å². The van der Waals surface area contributed by atoms with Crippen molar-refractivity contribution in [3.63, 3.8) is 0 Å². The van der Waals surface area contributed by atoms with E-state index in [0.29, 0.717) is 29.7 Å². The number of rotatable bonds is 0. The molecule has 0 spiro atoms. The van der Waals surface area contributed by atoms with Gasteiger partial charge in [0.05, 0.1) is 5.69 Å². The fourth-order valence-corrected chi connectivity index (χ4v) is 3.82. The average Bonchev–Trinajstić information content (AvgIpc) is 2.67. The fourth-order valence-electron chi connectivity index (χ4n) is 3.82. The van der Waals surface area contributed by atoms with E-state index in [0.717, 1.165) is 24.1 Å². The molecule has 2 N–H and O–H groups in total. The Kier molecular flexibility index (Phi) is 1.89. The zero-order valence-electron chi connectivity index (χ0n) is 9.63. The van der Waals surface area contributed by atoms with Crippen molar-refractivity contribution in [3.8, 4) is 5.75 Å². The predicted molar refractivity (Wildman–Crippen MR) is 64.9 cm³/mol. The van der Waals surface area contributed by atoms with Crippen molar-refractivity contribution in [1.29, 1.82) is 0 Å². The Balaban J connectivity index is 1.82. The van der Waals surface area contributed by atoms with Crippen molar-refractivity contribution in [3.05, 3.63) is 35.7 Å². The molecule has 3 aliphatic rings. The number of nitrogens with zero attached hydrogens (tertiary/aromatic N) is 1. The minimum Gasteiger partial charge on any atom is -0.506 e. The van der Waals surface area contributed by atoms with Gasteiger partial charge in [-0.25, -0.2) is 0 Å². The van der Waals surface area contributed by atoms with Gasteiger partial charge in [-0.2, -0.15) is 0 Å². The highest BCUT2D eigenvalue weighted by atomic mass is 16.3. The van der Waals surface area contributed by atoms with E-state index in [1.807, 2.05) is 12.3 Å². The third-order valence-corrected chi connectivity index (χ3v) is 4.56. The summed E-state index contributed by atoms with van der Waals surface area (Å²) in [4.78, 5) is 4.43. The SMILES string of the molecule is Oc1c2ccnc1C1C(C2)NC2C=CCCC21. The average molecular weight is 228 g/mol. The van der Waals surface area contributed by atoms with Crippen LogP contribution >= 0.6 is 0 Å². The van der Waals surface area contributed by atoms with Gasteiger partial charge in [0.15, 0.2) is 0 Å². The van der Waals surface area contributed by atoms with Gasteiger partial charge in [-0.1, -0.05) is 12.2 Å². The number of aromatic nitrogens is 1. The molecule has 3 heteroatoms. The Labute approximate surface area is 101 Å². The smallest absolute Gasteiger partial charge is 0.140 e. The van der Waals surface area contributed by atoms with Crippen LogP contribution in [-0.4, -0.2) is 22.2 Å². The number of allylic oxidation sites excluding steroid dienone is 1. The Morgan fingerprint density at radius 2 is 2.35 bits per heavy atom. The van der Waals surface area contributed by atoms with Crippen LogP contribution in [0.25, 0.3) is 0 Å².